The summed E-state index contributed by atoms with van der Waals surface area (Å²) in [7, 11) is 1.66. The van der Waals surface area contributed by atoms with E-state index in [4.69, 9.17) is 19.2 Å². The zero-order valence-corrected chi connectivity index (χ0v) is 20.4. The van der Waals surface area contributed by atoms with Crippen molar-refractivity contribution >= 4 is 23.1 Å². The van der Waals surface area contributed by atoms with E-state index in [0.29, 0.717) is 15.1 Å². The summed E-state index contributed by atoms with van der Waals surface area (Å²) < 4.78 is 19.0. The van der Waals surface area contributed by atoms with Crippen LogP contribution in [0.15, 0.2) is 82.1 Å². The first-order valence-corrected chi connectivity index (χ1v) is 12.7. The molecule has 0 fully saturated rings. The Morgan fingerprint density at radius 2 is 1.92 bits per heavy atom. The van der Waals surface area contributed by atoms with Crippen LogP contribution in [0.3, 0.4) is 0 Å². The fourth-order valence-corrected chi connectivity index (χ4v) is 6.29. The van der Waals surface area contributed by atoms with Gasteiger partial charge < -0.3 is 14.2 Å². The molecule has 6 nitrogen and oxygen atoms in total. The molecule has 0 radical (unpaired) electrons. The molecule has 7 heteroatoms. The van der Waals surface area contributed by atoms with Crippen LogP contribution in [0.5, 0.6) is 17.2 Å². The SMILES string of the molecule is COc1cccc(C2C3=C(N=c4s/c(=C\c5ccc6c(c5)OCO6)c(=O)n42)c2ccccc2CC3)c1. The van der Waals surface area contributed by atoms with E-state index in [-0.39, 0.29) is 18.4 Å². The van der Waals surface area contributed by atoms with E-state index in [1.807, 2.05) is 47.0 Å². The standard InChI is InChI=1S/C29H22N2O4S/c1-33-20-7-4-6-19(15-20)27-22-11-10-18-5-2-3-8-21(18)26(22)30-29-31(27)28(32)25(36-29)14-17-9-12-23-24(13-17)35-16-34-23/h2-9,12-15,27H,10-11,16H2,1H3/b25-14-. The van der Waals surface area contributed by atoms with Crippen LogP contribution in [-0.2, 0) is 6.42 Å². The minimum Gasteiger partial charge on any atom is -0.497 e. The van der Waals surface area contributed by atoms with Crippen molar-refractivity contribution in [3.05, 3.63) is 114 Å². The Morgan fingerprint density at radius 1 is 1.03 bits per heavy atom. The normalized spacial score (nSPS) is 17.8. The summed E-state index contributed by atoms with van der Waals surface area (Å²) in [5.74, 6) is 2.18. The zero-order chi connectivity index (χ0) is 24.2. The topological polar surface area (TPSA) is 62.0 Å². The van der Waals surface area contributed by atoms with Crippen molar-refractivity contribution in [2.75, 3.05) is 13.9 Å². The van der Waals surface area contributed by atoms with Gasteiger partial charge >= 0.3 is 0 Å². The second-order valence-corrected chi connectivity index (χ2v) is 10.0. The molecule has 3 aromatic carbocycles. The van der Waals surface area contributed by atoms with E-state index < -0.39 is 0 Å². The van der Waals surface area contributed by atoms with Gasteiger partial charge in [-0.15, -0.1) is 0 Å². The van der Waals surface area contributed by atoms with Crippen molar-refractivity contribution in [1.29, 1.82) is 0 Å². The van der Waals surface area contributed by atoms with Crippen LogP contribution in [0.2, 0.25) is 0 Å². The Bertz CT molecular complexity index is 1750. The number of hydrogen-bond donors (Lipinski definition) is 0. The fraction of sp³-hybridized carbons (Fsp3) is 0.172. The van der Waals surface area contributed by atoms with Crippen molar-refractivity contribution in [2.24, 2.45) is 4.99 Å². The van der Waals surface area contributed by atoms with Gasteiger partial charge in [-0.2, -0.15) is 0 Å². The predicted molar refractivity (Wildman–Crippen MR) is 138 cm³/mol. The van der Waals surface area contributed by atoms with Crippen molar-refractivity contribution < 1.29 is 14.2 Å². The smallest absolute Gasteiger partial charge is 0.271 e. The molecule has 0 bridgehead atoms. The first-order chi connectivity index (χ1) is 17.7. The van der Waals surface area contributed by atoms with Gasteiger partial charge in [0.1, 0.15) is 5.75 Å². The van der Waals surface area contributed by atoms with Gasteiger partial charge in [-0.25, -0.2) is 4.99 Å². The zero-order valence-electron chi connectivity index (χ0n) is 19.6. The Morgan fingerprint density at radius 3 is 2.83 bits per heavy atom. The molecule has 1 aromatic heterocycles. The minimum absolute atomic E-state index is 0.0466. The molecule has 0 amide bonds. The number of hydrogen-bond acceptors (Lipinski definition) is 6. The lowest BCUT2D eigenvalue weighted by Crippen LogP contribution is -2.38. The first kappa shape index (κ1) is 21.2. The second-order valence-electron chi connectivity index (χ2n) is 9.00. The molecule has 178 valence electrons. The Balaban J connectivity index is 1.46. The van der Waals surface area contributed by atoms with Crippen LogP contribution in [0.4, 0.5) is 0 Å². The number of allylic oxidation sites excluding steroid dienone is 1. The number of nitrogens with zero attached hydrogens (tertiary/aromatic N) is 2. The molecule has 0 saturated carbocycles. The fourth-order valence-electron chi connectivity index (χ4n) is 5.29. The highest BCUT2D eigenvalue weighted by Gasteiger charge is 2.32. The van der Waals surface area contributed by atoms with Gasteiger partial charge in [0.05, 0.1) is 23.4 Å². The summed E-state index contributed by atoms with van der Waals surface area (Å²) in [6.45, 7) is 0.217. The van der Waals surface area contributed by atoms with Gasteiger partial charge in [0.15, 0.2) is 16.3 Å². The molecule has 7 rings (SSSR count). The maximum Gasteiger partial charge on any atom is 0.271 e. The summed E-state index contributed by atoms with van der Waals surface area (Å²) in [5.41, 5.74) is 6.46. The number of rotatable bonds is 3. The molecule has 0 spiro atoms. The molecule has 0 saturated heterocycles. The maximum atomic E-state index is 13.9. The molecular weight excluding hydrogens is 472 g/mol. The molecule has 1 aliphatic carbocycles. The molecule has 4 aromatic rings. The number of ether oxygens (including phenoxy) is 3. The third kappa shape index (κ3) is 3.31. The summed E-state index contributed by atoms with van der Waals surface area (Å²) in [4.78, 5) is 19.7. The average Bonchev–Trinajstić information content (AvgIpc) is 3.51. The van der Waals surface area contributed by atoms with Crippen LogP contribution < -0.4 is 29.1 Å². The summed E-state index contributed by atoms with van der Waals surface area (Å²) in [6.07, 6.45) is 3.68. The van der Waals surface area contributed by atoms with Crippen LogP contribution in [0.25, 0.3) is 11.8 Å². The van der Waals surface area contributed by atoms with E-state index >= 15 is 0 Å². The highest BCUT2D eigenvalue weighted by Crippen LogP contribution is 2.41. The number of benzene rings is 3. The first-order valence-electron chi connectivity index (χ1n) is 11.9. The van der Waals surface area contributed by atoms with E-state index in [0.717, 1.165) is 46.7 Å². The van der Waals surface area contributed by atoms with E-state index in [9.17, 15) is 4.79 Å². The van der Waals surface area contributed by atoms with E-state index in [2.05, 4.69) is 30.3 Å². The lowest BCUT2D eigenvalue weighted by molar-refractivity contribution is 0.174. The molecule has 36 heavy (non-hydrogen) atoms. The quantitative estimate of drug-likeness (QED) is 0.431. The lowest BCUT2D eigenvalue weighted by atomic mass is 9.83. The Kier molecular flexibility index (Phi) is 4.85. The van der Waals surface area contributed by atoms with Crippen LogP contribution >= 0.6 is 11.3 Å². The number of thiazole rings is 1. The predicted octanol–water partition coefficient (Wildman–Crippen LogP) is 4.06. The largest absolute Gasteiger partial charge is 0.497 e. The van der Waals surface area contributed by atoms with Gasteiger partial charge in [0.25, 0.3) is 5.56 Å². The van der Waals surface area contributed by atoms with Crippen LogP contribution in [0.1, 0.15) is 34.7 Å². The van der Waals surface area contributed by atoms with Gasteiger partial charge in [-0.3, -0.25) is 9.36 Å². The van der Waals surface area contributed by atoms with Gasteiger partial charge in [0, 0.05) is 5.56 Å². The number of fused-ring (bicyclic) bond motifs is 4. The third-order valence-electron chi connectivity index (χ3n) is 6.98. The third-order valence-corrected chi connectivity index (χ3v) is 7.96. The molecule has 1 unspecified atom stereocenters. The Hall–Kier alpha value is -4.10. The number of aromatic nitrogens is 1. The minimum atomic E-state index is -0.237. The Labute approximate surface area is 211 Å². The number of aryl methyl sites for hydroxylation is 1. The van der Waals surface area contributed by atoms with Crippen molar-refractivity contribution in [2.45, 2.75) is 18.9 Å². The maximum absolute atomic E-state index is 13.9. The molecular formula is C29H22N2O4S. The molecule has 3 aliphatic rings. The van der Waals surface area contributed by atoms with Gasteiger partial charge in [-0.1, -0.05) is 53.8 Å². The molecule has 2 aliphatic heterocycles. The van der Waals surface area contributed by atoms with Crippen LogP contribution in [0, 0.1) is 0 Å². The highest BCUT2D eigenvalue weighted by molar-refractivity contribution is 7.07. The van der Waals surface area contributed by atoms with Crippen molar-refractivity contribution in [3.63, 3.8) is 0 Å². The summed E-state index contributed by atoms with van der Waals surface area (Å²) in [5, 5.41) is 0. The number of methoxy groups -OCH3 is 1. The van der Waals surface area contributed by atoms with Crippen molar-refractivity contribution in [3.8, 4) is 17.2 Å². The van der Waals surface area contributed by atoms with Crippen molar-refractivity contribution in [1.82, 2.24) is 4.57 Å². The molecule has 0 N–H and O–H groups in total. The van der Waals surface area contributed by atoms with Gasteiger partial charge in [0.2, 0.25) is 6.79 Å². The monoisotopic (exact) mass is 494 g/mol. The summed E-state index contributed by atoms with van der Waals surface area (Å²) >= 11 is 1.42. The second kappa shape index (κ2) is 8.24. The highest BCUT2D eigenvalue weighted by atomic mass is 32.1. The molecule has 1 atom stereocenters. The van der Waals surface area contributed by atoms with Gasteiger partial charge in [-0.05, 0) is 65.4 Å². The average molecular weight is 495 g/mol. The van der Waals surface area contributed by atoms with E-state index in [1.54, 1.807) is 7.11 Å². The molecule has 3 heterocycles. The van der Waals surface area contributed by atoms with Crippen LogP contribution in [-0.4, -0.2) is 18.5 Å². The summed E-state index contributed by atoms with van der Waals surface area (Å²) in [6, 6.07) is 21.9. The van der Waals surface area contributed by atoms with E-state index in [1.165, 1.54) is 22.5 Å². The lowest BCUT2D eigenvalue weighted by Gasteiger charge is -2.31.